The summed E-state index contributed by atoms with van der Waals surface area (Å²) in [5.41, 5.74) is 1.79. The Hall–Kier alpha value is -0.460. The van der Waals surface area contributed by atoms with Gasteiger partial charge in [-0.05, 0) is 18.3 Å². The Morgan fingerprint density at radius 3 is 2.50 bits per heavy atom. The fraction of sp³-hybridized carbons (Fsp3) is 0.778. The maximum Gasteiger partial charge on any atom is 0.0222 e. The minimum atomic E-state index is 0.496. The number of rotatable bonds is 0. The molecule has 0 aromatic heterocycles. The van der Waals surface area contributed by atoms with E-state index in [-0.39, 0.29) is 0 Å². The first-order chi connectivity index (χ1) is 4.51. The van der Waals surface area contributed by atoms with Crippen LogP contribution in [0.2, 0.25) is 0 Å². The van der Waals surface area contributed by atoms with Crippen LogP contribution in [0.25, 0.3) is 0 Å². The number of hydrogen-bond donors (Lipinski definition) is 0. The number of nitrogens with zero attached hydrogens (tertiary/aromatic N) is 1. The van der Waals surface area contributed by atoms with E-state index in [0.717, 1.165) is 6.54 Å². The summed E-state index contributed by atoms with van der Waals surface area (Å²) >= 11 is 0. The zero-order valence-electron chi connectivity index (χ0n) is 7.28. The van der Waals surface area contributed by atoms with Crippen molar-refractivity contribution in [2.45, 2.75) is 26.7 Å². The molecule has 1 saturated heterocycles. The van der Waals surface area contributed by atoms with Crippen LogP contribution in [-0.2, 0) is 0 Å². The summed E-state index contributed by atoms with van der Waals surface area (Å²) in [6.07, 6.45) is 2.46. The molecule has 1 aliphatic heterocycles. The highest BCUT2D eigenvalue weighted by atomic mass is 15.1. The minimum Gasteiger partial charge on any atom is -0.378 e. The van der Waals surface area contributed by atoms with Crippen molar-refractivity contribution < 1.29 is 0 Å². The lowest BCUT2D eigenvalue weighted by Crippen LogP contribution is -2.35. The van der Waals surface area contributed by atoms with Crippen LogP contribution in [0.1, 0.15) is 26.7 Å². The molecule has 0 aromatic rings. The quantitative estimate of drug-likeness (QED) is 0.497. The molecule has 0 amide bonds. The van der Waals surface area contributed by atoms with E-state index in [1.807, 2.05) is 0 Å². The molecule has 0 aliphatic carbocycles. The molecule has 0 saturated carbocycles. The van der Waals surface area contributed by atoms with Crippen molar-refractivity contribution in [3.8, 4) is 0 Å². The largest absolute Gasteiger partial charge is 0.378 e. The third-order valence-electron chi connectivity index (χ3n) is 2.30. The molecule has 58 valence electrons. The molecule has 0 unspecified atom stereocenters. The molecule has 0 spiro atoms. The second kappa shape index (κ2) is 2.30. The Labute approximate surface area is 63.7 Å². The van der Waals surface area contributed by atoms with Crippen LogP contribution < -0.4 is 0 Å². The first-order valence-electron chi connectivity index (χ1n) is 3.90. The monoisotopic (exact) mass is 139 g/mol. The van der Waals surface area contributed by atoms with Gasteiger partial charge in [0.2, 0.25) is 0 Å². The molecule has 0 atom stereocenters. The van der Waals surface area contributed by atoms with Gasteiger partial charge in [0, 0.05) is 19.3 Å². The lowest BCUT2D eigenvalue weighted by atomic mass is 9.83. The molecule has 1 fully saturated rings. The molecular weight excluding hydrogens is 122 g/mol. The Kier molecular flexibility index (Phi) is 1.76. The van der Waals surface area contributed by atoms with Crippen LogP contribution >= 0.6 is 0 Å². The van der Waals surface area contributed by atoms with Gasteiger partial charge in [0.25, 0.3) is 0 Å². The highest BCUT2D eigenvalue weighted by Crippen LogP contribution is 2.31. The number of piperidine rings is 1. The van der Waals surface area contributed by atoms with Gasteiger partial charge in [0.05, 0.1) is 0 Å². The second-order valence-corrected chi connectivity index (χ2v) is 4.09. The van der Waals surface area contributed by atoms with Gasteiger partial charge in [-0.2, -0.15) is 0 Å². The van der Waals surface area contributed by atoms with Gasteiger partial charge in [-0.25, -0.2) is 0 Å². The van der Waals surface area contributed by atoms with Gasteiger partial charge in [-0.15, -0.1) is 0 Å². The van der Waals surface area contributed by atoms with Crippen LogP contribution in [0.15, 0.2) is 12.3 Å². The highest BCUT2D eigenvalue weighted by molar-refractivity contribution is 4.99. The van der Waals surface area contributed by atoms with Crippen LogP contribution in [0, 0.1) is 5.41 Å². The summed E-state index contributed by atoms with van der Waals surface area (Å²) in [5.74, 6) is 0. The summed E-state index contributed by atoms with van der Waals surface area (Å²) < 4.78 is 0. The van der Waals surface area contributed by atoms with E-state index in [2.05, 4.69) is 32.4 Å². The first kappa shape index (κ1) is 7.64. The topological polar surface area (TPSA) is 3.24 Å². The molecule has 0 aromatic carbocycles. The Bertz CT molecular complexity index is 147. The van der Waals surface area contributed by atoms with Crippen LogP contribution in [0.5, 0.6) is 0 Å². The van der Waals surface area contributed by atoms with Crippen molar-refractivity contribution in [3.63, 3.8) is 0 Å². The molecule has 1 heterocycles. The lowest BCUT2D eigenvalue weighted by Gasteiger charge is -2.38. The maximum atomic E-state index is 3.99. The summed E-state index contributed by atoms with van der Waals surface area (Å²) in [6.45, 7) is 9.78. The molecule has 1 rings (SSSR count). The fourth-order valence-corrected chi connectivity index (χ4v) is 1.51. The third-order valence-corrected chi connectivity index (χ3v) is 2.30. The van der Waals surface area contributed by atoms with Crippen molar-refractivity contribution in [3.05, 3.63) is 12.3 Å². The Morgan fingerprint density at radius 1 is 1.50 bits per heavy atom. The summed E-state index contributed by atoms with van der Waals surface area (Å²) in [4.78, 5) is 2.27. The van der Waals surface area contributed by atoms with E-state index in [4.69, 9.17) is 0 Å². The van der Waals surface area contributed by atoms with Crippen molar-refractivity contribution in [2.75, 3.05) is 13.6 Å². The standard InChI is InChI=1S/C9H17N/c1-8-5-6-9(2,3)7-10(8)4/h1,5-7H2,2-4H3. The normalized spacial score (nSPS) is 25.1. The van der Waals surface area contributed by atoms with Gasteiger partial charge < -0.3 is 4.90 Å². The van der Waals surface area contributed by atoms with Crippen molar-refractivity contribution in [1.82, 2.24) is 4.90 Å². The first-order valence-corrected chi connectivity index (χ1v) is 3.90. The lowest BCUT2D eigenvalue weighted by molar-refractivity contribution is 0.184. The predicted octanol–water partition coefficient (Wildman–Crippen LogP) is 2.25. The summed E-state index contributed by atoms with van der Waals surface area (Å²) in [6, 6.07) is 0. The van der Waals surface area contributed by atoms with Gasteiger partial charge in [0.15, 0.2) is 0 Å². The highest BCUT2D eigenvalue weighted by Gasteiger charge is 2.25. The zero-order chi connectivity index (χ0) is 7.78. The molecule has 10 heavy (non-hydrogen) atoms. The van der Waals surface area contributed by atoms with Gasteiger partial charge in [-0.1, -0.05) is 20.4 Å². The van der Waals surface area contributed by atoms with E-state index in [0.29, 0.717) is 5.41 Å². The Balaban J connectivity index is 2.57. The molecule has 0 bridgehead atoms. The van der Waals surface area contributed by atoms with E-state index in [1.165, 1.54) is 18.5 Å². The summed E-state index contributed by atoms with van der Waals surface area (Å²) in [5, 5.41) is 0. The average Bonchev–Trinajstić information content (AvgIpc) is 1.79. The van der Waals surface area contributed by atoms with Crippen molar-refractivity contribution >= 4 is 0 Å². The van der Waals surface area contributed by atoms with Crippen LogP contribution in [0.3, 0.4) is 0 Å². The second-order valence-electron chi connectivity index (χ2n) is 4.09. The van der Waals surface area contributed by atoms with E-state index in [9.17, 15) is 0 Å². The molecule has 1 aliphatic rings. The number of likely N-dealkylation sites (tertiary alicyclic amines) is 1. The maximum absolute atomic E-state index is 3.99. The van der Waals surface area contributed by atoms with Gasteiger partial charge in [0.1, 0.15) is 0 Å². The molecule has 0 radical (unpaired) electrons. The summed E-state index contributed by atoms with van der Waals surface area (Å²) in [7, 11) is 2.13. The van der Waals surface area contributed by atoms with Gasteiger partial charge in [-0.3, -0.25) is 0 Å². The SMILES string of the molecule is C=C1CCC(C)(C)CN1C. The van der Waals surface area contributed by atoms with Crippen LogP contribution in [-0.4, -0.2) is 18.5 Å². The predicted molar refractivity (Wildman–Crippen MR) is 44.8 cm³/mol. The van der Waals surface area contributed by atoms with Crippen molar-refractivity contribution in [2.24, 2.45) is 5.41 Å². The van der Waals surface area contributed by atoms with Crippen molar-refractivity contribution in [1.29, 1.82) is 0 Å². The smallest absolute Gasteiger partial charge is 0.0222 e. The average molecular weight is 139 g/mol. The molecule has 1 nitrogen and oxygen atoms in total. The zero-order valence-corrected chi connectivity index (χ0v) is 7.28. The number of allylic oxidation sites excluding steroid dienone is 1. The Morgan fingerprint density at radius 2 is 2.10 bits per heavy atom. The van der Waals surface area contributed by atoms with E-state index in [1.54, 1.807) is 0 Å². The van der Waals surface area contributed by atoms with Crippen LogP contribution in [0.4, 0.5) is 0 Å². The van der Waals surface area contributed by atoms with E-state index >= 15 is 0 Å². The molecular formula is C9H17N. The van der Waals surface area contributed by atoms with E-state index < -0.39 is 0 Å². The third kappa shape index (κ3) is 1.53. The number of hydrogen-bond acceptors (Lipinski definition) is 1. The fourth-order valence-electron chi connectivity index (χ4n) is 1.51. The molecule has 1 heteroatoms. The van der Waals surface area contributed by atoms with Gasteiger partial charge >= 0.3 is 0 Å². The molecule has 0 N–H and O–H groups in total. The minimum absolute atomic E-state index is 0.496.